The maximum absolute atomic E-state index is 13.9. The van der Waals surface area contributed by atoms with Crippen LogP contribution >= 0.6 is 0 Å². The third-order valence-corrected chi connectivity index (χ3v) is 8.73. The number of carbonyl (C=O) groups is 1. The average Bonchev–Trinajstić information content (AvgIpc) is 3.58. The first kappa shape index (κ1) is 26.8. The van der Waals surface area contributed by atoms with E-state index in [4.69, 9.17) is 18.9 Å². The van der Waals surface area contributed by atoms with Crippen molar-refractivity contribution in [2.24, 2.45) is 29.6 Å². The average molecular weight is 526 g/mol. The van der Waals surface area contributed by atoms with Gasteiger partial charge in [-0.25, -0.2) is 4.79 Å². The van der Waals surface area contributed by atoms with Crippen molar-refractivity contribution in [1.82, 2.24) is 4.90 Å². The summed E-state index contributed by atoms with van der Waals surface area (Å²) >= 11 is 0. The molecule has 0 aromatic heterocycles. The fourth-order valence-electron chi connectivity index (χ4n) is 6.94. The maximum Gasteiger partial charge on any atom is 0.419 e. The van der Waals surface area contributed by atoms with Crippen LogP contribution in [0.4, 0.5) is 13.2 Å². The first-order chi connectivity index (χ1) is 17.7. The Labute approximate surface area is 216 Å². The van der Waals surface area contributed by atoms with E-state index in [1.807, 2.05) is 13.8 Å². The lowest BCUT2D eigenvalue weighted by Crippen LogP contribution is -2.38. The largest absolute Gasteiger partial charge is 0.464 e. The van der Waals surface area contributed by atoms with Crippen molar-refractivity contribution in [1.29, 1.82) is 0 Å². The van der Waals surface area contributed by atoms with Crippen molar-refractivity contribution in [3.63, 3.8) is 0 Å². The molecule has 3 aliphatic carbocycles. The minimum absolute atomic E-state index is 0.0134. The van der Waals surface area contributed by atoms with E-state index >= 15 is 0 Å². The van der Waals surface area contributed by atoms with Gasteiger partial charge in [-0.1, -0.05) is 20.3 Å². The minimum atomic E-state index is -4.63. The van der Waals surface area contributed by atoms with Crippen molar-refractivity contribution >= 4 is 5.97 Å². The van der Waals surface area contributed by atoms with Crippen molar-refractivity contribution in [3.8, 4) is 5.75 Å². The second kappa shape index (κ2) is 11.1. The summed E-state index contributed by atoms with van der Waals surface area (Å²) in [5.41, 5.74) is -0.892. The normalized spacial score (nSPS) is 30.5. The van der Waals surface area contributed by atoms with E-state index in [1.54, 1.807) is 0 Å². The van der Waals surface area contributed by atoms with Gasteiger partial charge < -0.3 is 18.9 Å². The van der Waals surface area contributed by atoms with Gasteiger partial charge >= 0.3 is 12.1 Å². The van der Waals surface area contributed by atoms with E-state index in [0.29, 0.717) is 37.5 Å². The summed E-state index contributed by atoms with van der Waals surface area (Å²) in [4.78, 5) is 14.8. The first-order valence-electron chi connectivity index (χ1n) is 13.7. The molecular weight excluding hydrogens is 487 g/mol. The van der Waals surface area contributed by atoms with Gasteiger partial charge in [0.15, 0.2) is 0 Å². The predicted molar refractivity (Wildman–Crippen MR) is 130 cm³/mol. The molecule has 0 radical (unpaired) electrons. The lowest BCUT2D eigenvalue weighted by atomic mass is 9.80. The summed E-state index contributed by atoms with van der Waals surface area (Å²) in [7, 11) is 0. The summed E-state index contributed by atoms with van der Waals surface area (Å²) in [5.74, 6) is 1.38. The molecule has 1 aromatic rings. The number of halogens is 3. The molecule has 1 aliphatic heterocycles. The molecule has 1 saturated heterocycles. The quantitative estimate of drug-likeness (QED) is 0.318. The predicted octanol–water partition coefficient (Wildman–Crippen LogP) is 5.40. The van der Waals surface area contributed by atoms with E-state index in [0.717, 1.165) is 50.0 Å². The molecule has 37 heavy (non-hydrogen) atoms. The number of alkyl halides is 3. The number of nitrogens with zero attached hydrogens (tertiary/aromatic N) is 1. The molecule has 4 aliphatic rings. The molecule has 4 fully saturated rings. The monoisotopic (exact) mass is 525 g/mol. The van der Waals surface area contributed by atoms with Gasteiger partial charge in [-0.05, 0) is 67.6 Å². The Morgan fingerprint density at radius 1 is 1.11 bits per heavy atom. The zero-order valence-corrected chi connectivity index (χ0v) is 21.7. The van der Waals surface area contributed by atoms with E-state index in [1.165, 1.54) is 19.3 Å². The van der Waals surface area contributed by atoms with Crippen LogP contribution in [0.25, 0.3) is 0 Å². The highest BCUT2D eigenvalue weighted by molar-refractivity contribution is 5.90. The molecule has 1 heterocycles. The zero-order chi connectivity index (χ0) is 26.2. The molecule has 206 valence electrons. The lowest BCUT2D eigenvalue weighted by Gasteiger charge is -2.35. The molecule has 3 saturated carbocycles. The van der Waals surface area contributed by atoms with Gasteiger partial charge in [0, 0.05) is 25.6 Å². The summed E-state index contributed by atoms with van der Waals surface area (Å²) in [6, 6.07) is 3.19. The minimum Gasteiger partial charge on any atom is -0.464 e. The molecule has 2 bridgehead atoms. The van der Waals surface area contributed by atoms with Crippen LogP contribution in [-0.4, -0.2) is 62.7 Å². The third-order valence-electron chi connectivity index (χ3n) is 8.73. The van der Waals surface area contributed by atoms with Crippen LogP contribution in [0.5, 0.6) is 5.75 Å². The highest BCUT2D eigenvalue weighted by Gasteiger charge is 2.55. The van der Waals surface area contributed by atoms with Crippen LogP contribution in [0.2, 0.25) is 0 Å². The highest BCUT2D eigenvalue weighted by Crippen LogP contribution is 2.59. The Hall–Kier alpha value is -1.84. The number of hydrogen-bond acceptors (Lipinski definition) is 6. The molecule has 6 nitrogen and oxygen atoms in total. The number of morpholine rings is 1. The highest BCUT2D eigenvalue weighted by atomic mass is 19.4. The molecule has 0 N–H and O–H groups in total. The Bertz CT molecular complexity index is 948. The number of ether oxygens (including phenoxy) is 4. The maximum atomic E-state index is 13.9. The van der Waals surface area contributed by atoms with Crippen LogP contribution in [0.15, 0.2) is 18.2 Å². The van der Waals surface area contributed by atoms with E-state index < -0.39 is 29.7 Å². The standard InChI is InChI=1S/C28H38F3NO5/c1-17(2)27(36-24-16-19-14-22(24)21-5-3-4-20(19)21)37-25-15-18(6-7-23(25)28(29,30)31)26(33)35-13-10-32-8-11-34-12-9-32/h6-7,15,17,19-22,24,27H,3-5,8-14,16H2,1-2H3. The first-order valence-corrected chi connectivity index (χ1v) is 13.7. The smallest absolute Gasteiger partial charge is 0.419 e. The van der Waals surface area contributed by atoms with Crippen LogP contribution in [-0.2, 0) is 20.4 Å². The molecule has 0 amide bonds. The Morgan fingerprint density at radius 2 is 1.86 bits per heavy atom. The summed E-state index contributed by atoms with van der Waals surface area (Å²) < 4.78 is 64.6. The molecule has 9 heteroatoms. The van der Waals surface area contributed by atoms with Gasteiger partial charge in [0.25, 0.3) is 0 Å². The number of benzene rings is 1. The number of esters is 1. The van der Waals surface area contributed by atoms with Gasteiger partial charge in [0.05, 0.1) is 30.4 Å². The van der Waals surface area contributed by atoms with Crippen molar-refractivity contribution in [2.45, 2.75) is 64.5 Å². The number of fused-ring (bicyclic) bond motifs is 5. The second-order valence-corrected chi connectivity index (χ2v) is 11.4. The SMILES string of the molecule is CC(C)C(Oc1cc(C(=O)OCCN2CCOCC2)ccc1C(F)(F)F)OC1CC2CC1C1CCCC21. The van der Waals surface area contributed by atoms with Gasteiger partial charge in [-0.2, -0.15) is 13.2 Å². The van der Waals surface area contributed by atoms with Gasteiger partial charge in [0.1, 0.15) is 12.4 Å². The van der Waals surface area contributed by atoms with Crippen molar-refractivity contribution in [3.05, 3.63) is 29.3 Å². The molecule has 6 atom stereocenters. The molecule has 6 unspecified atom stereocenters. The third kappa shape index (κ3) is 5.93. The number of rotatable bonds is 9. The number of hydrogen-bond donors (Lipinski definition) is 0. The van der Waals surface area contributed by atoms with Gasteiger partial charge in [-0.15, -0.1) is 0 Å². The van der Waals surface area contributed by atoms with Crippen LogP contribution in [0.1, 0.15) is 61.9 Å². The summed E-state index contributed by atoms with van der Waals surface area (Å²) in [6.07, 6.45) is 0.463. The Balaban J connectivity index is 1.26. The van der Waals surface area contributed by atoms with Gasteiger partial charge in [0.2, 0.25) is 6.29 Å². The fraction of sp³-hybridized carbons (Fsp3) is 0.750. The topological polar surface area (TPSA) is 57.2 Å². The molecule has 0 spiro atoms. The van der Waals surface area contributed by atoms with Crippen molar-refractivity contribution in [2.75, 3.05) is 39.5 Å². The van der Waals surface area contributed by atoms with E-state index in [2.05, 4.69) is 4.90 Å². The lowest BCUT2D eigenvalue weighted by molar-refractivity contribution is -0.169. The van der Waals surface area contributed by atoms with Crippen LogP contribution < -0.4 is 4.74 Å². The van der Waals surface area contributed by atoms with Crippen LogP contribution in [0, 0.1) is 29.6 Å². The molecule has 1 aromatic carbocycles. The zero-order valence-electron chi connectivity index (χ0n) is 21.7. The molecular formula is C28H38F3NO5. The summed E-state index contributed by atoms with van der Waals surface area (Å²) in [6.45, 7) is 7.26. The fourth-order valence-corrected chi connectivity index (χ4v) is 6.94. The number of carbonyl (C=O) groups excluding carboxylic acids is 1. The van der Waals surface area contributed by atoms with E-state index in [9.17, 15) is 18.0 Å². The Kier molecular flexibility index (Phi) is 8.03. The van der Waals surface area contributed by atoms with E-state index in [-0.39, 0.29) is 24.2 Å². The van der Waals surface area contributed by atoms with Crippen molar-refractivity contribution < 1.29 is 36.9 Å². The second-order valence-electron chi connectivity index (χ2n) is 11.4. The molecule has 5 rings (SSSR count). The van der Waals surface area contributed by atoms with Crippen LogP contribution in [0.3, 0.4) is 0 Å². The Morgan fingerprint density at radius 3 is 2.59 bits per heavy atom. The summed E-state index contributed by atoms with van der Waals surface area (Å²) in [5, 5.41) is 0. The van der Waals surface area contributed by atoms with Gasteiger partial charge in [-0.3, -0.25) is 4.90 Å².